The maximum Gasteiger partial charge on any atom is 0.258 e. The van der Waals surface area contributed by atoms with E-state index in [1.165, 1.54) is 0 Å². The predicted octanol–water partition coefficient (Wildman–Crippen LogP) is 1.54. The van der Waals surface area contributed by atoms with Crippen LogP contribution in [0.1, 0.15) is 28.9 Å². The maximum absolute atomic E-state index is 11.6. The van der Waals surface area contributed by atoms with Gasteiger partial charge in [-0.1, -0.05) is 12.1 Å². The van der Waals surface area contributed by atoms with Gasteiger partial charge in [-0.2, -0.15) is 0 Å². The highest BCUT2D eigenvalue weighted by atomic mass is 16.3. The van der Waals surface area contributed by atoms with Gasteiger partial charge in [-0.3, -0.25) is 4.79 Å². The number of aromatic hydroxyl groups is 1. The third-order valence-corrected chi connectivity index (χ3v) is 2.64. The van der Waals surface area contributed by atoms with Crippen molar-refractivity contribution in [2.75, 3.05) is 7.05 Å². The van der Waals surface area contributed by atoms with E-state index in [0.29, 0.717) is 5.56 Å². The summed E-state index contributed by atoms with van der Waals surface area (Å²) in [5.74, 6) is -0.0145. The van der Waals surface area contributed by atoms with E-state index >= 15 is 0 Å². The molecule has 0 fully saturated rings. The lowest BCUT2D eigenvalue weighted by Crippen LogP contribution is -2.20. The highest BCUT2D eigenvalue weighted by Gasteiger charge is 2.32. The molecule has 1 unspecified atom stereocenters. The normalized spacial score (nSPS) is 20.6. The van der Waals surface area contributed by atoms with E-state index in [-0.39, 0.29) is 17.7 Å². The topological polar surface area (TPSA) is 40.5 Å². The summed E-state index contributed by atoms with van der Waals surface area (Å²) in [5, 5.41) is 9.49. The zero-order valence-electron chi connectivity index (χ0n) is 7.61. The number of hydrogen-bond acceptors (Lipinski definition) is 2. The molecule has 1 aliphatic rings. The molecule has 3 heteroatoms. The van der Waals surface area contributed by atoms with Gasteiger partial charge in [0.1, 0.15) is 5.75 Å². The third kappa shape index (κ3) is 0.932. The maximum atomic E-state index is 11.6. The summed E-state index contributed by atoms with van der Waals surface area (Å²) in [4.78, 5) is 13.2. The molecule has 1 aromatic rings. The highest BCUT2D eigenvalue weighted by Crippen LogP contribution is 2.36. The fourth-order valence-corrected chi connectivity index (χ4v) is 1.70. The molecule has 0 bridgehead atoms. The second-order valence-electron chi connectivity index (χ2n) is 3.33. The van der Waals surface area contributed by atoms with Crippen molar-refractivity contribution < 1.29 is 9.90 Å². The van der Waals surface area contributed by atoms with E-state index < -0.39 is 0 Å². The first kappa shape index (κ1) is 8.10. The van der Waals surface area contributed by atoms with Crippen LogP contribution in [0, 0.1) is 0 Å². The smallest absolute Gasteiger partial charge is 0.258 e. The Labute approximate surface area is 76.6 Å². The highest BCUT2D eigenvalue weighted by molar-refractivity contribution is 6.01. The van der Waals surface area contributed by atoms with Crippen LogP contribution in [0.15, 0.2) is 18.2 Å². The first-order chi connectivity index (χ1) is 6.13. The molecular formula is C10H11NO2. The van der Waals surface area contributed by atoms with Crippen molar-refractivity contribution in [3.05, 3.63) is 29.3 Å². The molecule has 1 atom stereocenters. The average molecular weight is 177 g/mol. The zero-order chi connectivity index (χ0) is 9.59. The van der Waals surface area contributed by atoms with Gasteiger partial charge in [0, 0.05) is 7.05 Å². The first-order valence-electron chi connectivity index (χ1n) is 4.22. The Morgan fingerprint density at radius 3 is 2.77 bits per heavy atom. The number of carbonyl (C=O) groups is 1. The minimum Gasteiger partial charge on any atom is -0.507 e. The van der Waals surface area contributed by atoms with Gasteiger partial charge in [0.2, 0.25) is 0 Å². The van der Waals surface area contributed by atoms with Crippen molar-refractivity contribution in [3.63, 3.8) is 0 Å². The summed E-state index contributed by atoms with van der Waals surface area (Å²) < 4.78 is 0. The summed E-state index contributed by atoms with van der Waals surface area (Å²) in [6, 6.07) is 5.25. The Kier molecular flexibility index (Phi) is 1.55. The van der Waals surface area contributed by atoms with Crippen molar-refractivity contribution in [2.45, 2.75) is 13.0 Å². The summed E-state index contributed by atoms with van der Waals surface area (Å²) in [6.07, 6.45) is 0. The van der Waals surface area contributed by atoms with E-state index in [1.54, 1.807) is 24.1 Å². The number of phenols is 1. The van der Waals surface area contributed by atoms with Crippen LogP contribution in [0.4, 0.5) is 0 Å². The molecule has 0 aliphatic carbocycles. The molecule has 68 valence electrons. The second kappa shape index (κ2) is 2.49. The first-order valence-corrected chi connectivity index (χ1v) is 4.22. The lowest BCUT2D eigenvalue weighted by atomic mass is 10.1. The molecule has 0 radical (unpaired) electrons. The molecule has 1 N–H and O–H groups in total. The Balaban J connectivity index is 2.66. The van der Waals surface area contributed by atoms with Crippen LogP contribution >= 0.6 is 0 Å². The molecule has 0 saturated heterocycles. The van der Waals surface area contributed by atoms with Crippen molar-refractivity contribution in [1.82, 2.24) is 4.90 Å². The van der Waals surface area contributed by atoms with Gasteiger partial charge in [0.05, 0.1) is 11.6 Å². The van der Waals surface area contributed by atoms with E-state index in [2.05, 4.69) is 0 Å². The van der Waals surface area contributed by atoms with Crippen molar-refractivity contribution >= 4 is 5.91 Å². The van der Waals surface area contributed by atoms with Crippen LogP contribution in [-0.4, -0.2) is 23.0 Å². The number of phenolic OH excluding ortho intramolecular Hbond substituents is 1. The fourth-order valence-electron chi connectivity index (χ4n) is 1.70. The third-order valence-electron chi connectivity index (χ3n) is 2.64. The number of hydrogen-bond donors (Lipinski definition) is 1. The van der Waals surface area contributed by atoms with Crippen molar-refractivity contribution in [2.24, 2.45) is 0 Å². The van der Waals surface area contributed by atoms with Gasteiger partial charge in [-0.25, -0.2) is 0 Å². The van der Waals surface area contributed by atoms with Crippen molar-refractivity contribution in [3.8, 4) is 5.75 Å². The lowest BCUT2D eigenvalue weighted by molar-refractivity contribution is 0.0782. The Morgan fingerprint density at radius 2 is 2.15 bits per heavy atom. The number of amides is 1. The molecular weight excluding hydrogens is 166 g/mol. The summed E-state index contributed by atoms with van der Waals surface area (Å²) >= 11 is 0. The van der Waals surface area contributed by atoms with Crippen LogP contribution in [0.25, 0.3) is 0 Å². The van der Waals surface area contributed by atoms with Gasteiger partial charge in [0.25, 0.3) is 5.91 Å². The quantitative estimate of drug-likeness (QED) is 0.653. The molecule has 1 aliphatic heterocycles. The molecule has 0 saturated carbocycles. The Bertz CT molecular complexity index is 373. The van der Waals surface area contributed by atoms with Crippen LogP contribution in [0.3, 0.4) is 0 Å². The zero-order valence-corrected chi connectivity index (χ0v) is 7.61. The van der Waals surface area contributed by atoms with E-state index in [1.807, 2.05) is 13.0 Å². The van der Waals surface area contributed by atoms with E-state index in [4.69, 9.17) is 0 Å². The number of nitrogens with zero attached hydrogens (tertiary/aromatic N) is 1. The molecule has 0 aromatic heterocycles. The minimum absolute atomic E-state index is 0.0644. The van der Waals surface area contributed by atoms with Gasteiger partial charge in [0.15, 0.2) is 0 Å². The standard InChI is InChI=1S/C10H11NO2/c1-6-7-4-3-5-8(12)9(7)10(13)11(6)2/h3-6,12H,1-2H3. The Hall–Kier alpha value is -1.51. The minimum atomic E-state index is -0.0967. The average Bonchev–Trinajstić information content (AvgIpc) is 2.33. The molecule has 1 aromatic carbocycles. The summed E-state index contributed by atoms with van der Waals surface area (Å²) in [7, 11) is 1.74. The summed E-state index contributed by atoms with van der Waals surface area (Å²) in [6.45, 7) is 1.95. The van der Waals surface area contributed by atoms with Crippen molar-refractivity contribution in [1.29, 1.82) is 0 Å². The van der Waals surface area contributed by atoms with Crippen LogP contribution < -0.4 is 0 Å². The van der Waals surface area contributed by atoms with Gasteiger partial charge >= 0.3 is 0 Å². The van der Waals surface area contributed by atoms with Crippen LogP contribution in [-0.2, 0) is 0 Å². The number of rotatable bonds is 0. The molecule has 13 heavy (non-hydrogen) atoms. The SMILES string of the molecule is CC1c2cccc(O)c2C(=O)N1C. The number of fused-ring (bicyclic) bond motifs is 1. The van der Waals surface area contributed by atoms with Gasteiger partial charge in [-0.15, -0.1) is 0 Å². The summed E-state index contributed by atoms with van der Waals surface area (Å²) in [5.41, 5.74) is 1.37. The lowest BCUT2D eigenvalue weighted by Gasteiger charge is -2.14. The van der Waals surface area contributed by atoms with Gasteiger partial charge in [-0.05, 0) is 18.6 Å². The fraction of sp³-hybridized carbons (Fsp3) is 0.300. The molecule has 3 nitrogen and oxygen atoms in total. The number of carbonyl (C=O) groups excluding carboxylic acids is 1. The van der Waals surface area contributed by atoms with E-state index in [0.717, 1.165) is 5.56 Å². The van der Waals surface area contributed by atoms with E-state index in [9.17, 15) is 9.90 Å². The van der Waals surface area contributed by atoms with Gasteiger partial charge < -0.3 is 10.0 Å². The predicted molar refractivity (Wildman–Crippen MR) is 48.6 cm³/mol. The molecule has 1 amide bonds. The van der Waals surface area contributed by atoms with Crippen LogP contribution in [0.5, 0.6) is 5.75 Å². The largest absolute Gasteiger partial charge is 0.507 e. The monoisotopic (exact) mass is 177 g/mol. The molecule has 2 rings (SSSR count). The second-order valence-corrected chi connectivity index (χ2v) is 3.33. The van der Waals surface area contributed by atoms with Crippen LogP contribution in [0.2, 0.25) is 0 Å². The Morgan fingerprint density at radius 1 is 1.46 bits per heavy atom. The molecule has 1 heterocycles. The molecule has 0 spiro atoms. The number of benzene rings is 1.